The molecular formula is C21H26Cl2N2O4S. The maximum atomic E-state index is 12.8. The van der Waals surface area contributed by atoms with Crippen molar-refractivity contribution in [1.82, 2.24) is 5.32 Å². The molecule has 0 fully saturated rings. The molecule has 0 saturated heterocycles. The van der Waals surface area contributed by atoms with Crippen molar-refractivity contribution in [2.75, 3.05) is 23.7 Å². The fourth-order valence-corrected chi connectivity index (χ4v) is 4.66. The first-order chi connectivity index (χ1) is 14.0. The highest BCUT2D eigenvalue weighted by Gasteiger charge is 2.31. The Morgan fingerprint density at radius 2 is 1.73 bits per heavy atom. The van der Waals surface area contributed by atoms with E-state index < -0.39 is 22.0 Å². The van der Waals surface area contributed by atoms with E-state index in [-0.39, 0.29) is 30.3 Å². The van der Waals surface area contributed by atoms with Gasteiger partial charge in [-0.05, 0) is 61.7 Å². The van der Waals surface area contributed by atoms with Crippen LogP contribution < -0.4 is 14.4 Å². The minimum absolute atomic E-state index is 0.208. The van der Waals surface area contributed by atoms with E-state index in [1.807, 2.05) is 32.0 Å². The van der Waals surface area contributed by atoms with Gasteiger partial charge in [0, 0.05) is 0 Å². The number of hydrogen-bond acceptors (Lipinski definition) is 4. The Balaban J connectivity index is 2.09. The summed E-state index contributed by atoms with van der Waals surface area (Å²) in [5.41, 5.74) is 2.45. The number of aryl methyl sites for hydroxylation is 2. The lowest BCUT2D eigenvalue weighted by molar-refractivity contribution is -0.122. The second kappa shape index (κ2) is 10.4. The molecule has 1 N–H and O–H groups in total. The van der Waals surface area contributed by atoms with Gasteiger partial charge in [-0.15, -0.1) is 0 Å². The third-order valence-corrected chi connectivity index (χ3v) is 6.27. The van der Waals surface area contributed by atoms with Crippen molar-refractivity contribution in [3.05, 3.63) is 57.6 Å². The van der Waals surface area contributed by atoms with Gasteiger partial charge in [-0.1, -0.05) is 36.2 Å². The molecular weight excluding hydrogens is 447 g/mol. The number of carbonyl (C=O) groups is 1. The Morgan fingerprint density at radius 3 is 2.27 bits per heavy atom. The molecule has 0 aliphatic rings. The Hall–Kier alpha value is -1.96. The number of rotatable bonds is 9. The van der Waals surface area contributed by atoms with E-state index in [1.54, 1.807) is 6.92 Å². The summed E-state index contributed by atoms with van der Waals surface area (Å²) in [4.78, 5) is 12.8. The lowest BCUT2D eigenvalue weighted by Gasteiger charge is -2.30. The Labute approximate surface area is 188 Å². The van der Waals surface area contributed by atoms with E-state index in [0.717, 1.165) is 27.4 Å². The first-order valence-corrected chi connectivity index (χ1v) is 12.1. The molecule has 0 aromatic heterocycles. The minimum Gasteiger partial charge on any atom is -0.492 e. The molecule has 1 amide bonds. The van der Waals surface area contributed by atoms with Gasteiger partial charge >= 0.3 is 0 Å². The Kier molecular flexibility index (Phi) is 8.41. The summed E-state index contributed by atoms with van der Waals surface area (Å²) < 4.78 is 31.7. The number of anilines is 1. The van der Waals surface area contributed by atoms with Crippen LogP contribution in [-0.2, 0) is 14.8 Å². The van der Waals surface area contributed by atoms with Gasteiger partial charge in [0.1, 0.15) is 18.4 Å². The van der Waals surface area contributed by atoms with Gasteiger partial charge in [0.15, 0.2) is 0 Å². The summed E-state index contributed by atoms with van der Waals surface area (Å²) in [5.74, 6) is 0.306. The van der Waals surface area contributed by atoms with E-state index >= 15 is 0 Å². The first-order valence-electron chi connectivity index (χ1n) is 9.46. The van der Waals surface area contributed by atoms with Crippen molar-refractivity contribution in [3.63, 3.8) is 0 Å². The molecule has 0 unspecified atom stereocenters. The monoisotopic (exact) mass is 472 g/mol. The molecule has 164 valence electrons. The molecule has 9 heteroatoms. The number of ether oxygens (including phenoxy) is 1. The standard InChI is InChI=1S/C21H26Cl2N2O4S/c1-5-20(25(30(4,27)28)16-6-7-18(22)19(23)13-16)21(26)24-8-9-29-17-11-14(2)10-15(3)12-17/h6-7,10-13,20H,5,8-9H2,1-4H3,(H,24,26)/t20-/m1/s1. The molecule has 2 rings (SSSR count). The smallest absolute Gasteiger partial charge is 0.244 e. The molecule has 0 aliphatic carbocycles. The van der Waals surface area contributed by atoms with Crippen LogP contribution in [0.5, 0.6) is 5.75 Å². The summed E-state index contributed by atoms with van der Waals surface area (Å²) in [7, 11) is -3.75. The van der Waals surface area contributed by atoms with Gasteiger partial charge in [-0.3, -0.25) is 9.10 Å². The van der Waals surface area contributed by atoms with Crippen LogP contribution in [0.3, 0.4) is 0 Å². The van der Waals surface area contributed by atoms with Crippen molar-refractivity contribution in [2.24, 2.45) is 0 Å². The van der Waals surface area contributed by atoms with Gasteiger partial charge in [-0.25, -0.2) is 8.42 Å². The number of hydrogen-bond donors (Lipinski definition) is 1. The van der Waals surface area contributed by atoms with E-state index in [1.165, 1.54) is 18.2 Å². The SMILES string of the molecule is CC[C@H](C(=O)NCCOc1cc(C)cc(C)c1)N(c1ccc(Cl)c(Cl)c1)S(C)(=O)=O. The number of nitrogens with one attached hydrogen (secondary N) is 1. The molecule has 0 radical (unpaired) electrons. The summed E-state index contributed by atoms with van der Waals surface area (Å²) in [6, 6.07) is 9.40. The molecule has 1 atom stereocenters. The zero-order valence-corrected chi connectivity index (χ0v) is 19.7. The first kappa shape index (κ1) is 24.3. The fraction of sp³-hybridized carbons (Fsp3) is 0.381. The van der Waals surface area contributed by atoms with E-state index in [4.69, 9.17) is 27.9 Å². The third-order valence-electron chi connectivity index (χ3n) is 4.35. The predicted octanol–water partition coefficient (Wildman–Crippen LogP) is 4.35. The van der Waals surface area contributed by atoms with Gasteiger partial charge in [0.25, 0.3) is 0 Å². The van der Waals surface area contributed by atoms with Crippen LogP contribution in [0.15, 0.2) is 36.4 Å². The third kappa shape index (κ3) is 6.52. The number of nitrogens with zero attached hydrogens (tertiary/aromatic N) is 1. The average Bonchev–Trinajstić information content (AvgIpc) is 2.63. The molecule has 2 aromatic carbocycles. The fourth-order valence-electron chi connectivity index (χ4n) is 3.16. The van der Waals surface area contributed by atoms with E-state index in [0.29, 0.717) is 5.02 Å². The highest BCUT2D eigenvalue weighted by molar-refractivity contribution is 7.92. The van der Waals surface area contributed by atoms with Gasteiger partial charge in [0.05, 0.1) is 28.5 Å². The summed E-state index contributed by atoms with van der Waals surface area (Å²) in [5, 5.41) is 3.26. The van der Waals surface area contributed by atoms with Crippen LogP contribution in [0, 0.1) is 13.8 Å². The molecule has 0 spiro atoms. The molecule has 0 saturated carbocycles. The summed E-state index contributed by atoms with van der Waals surface area (Å²) in [6.45, 7) is 6.20. The average molecular weight is 473 g/mol. The maximum Gasteiger partial charge on any atom is 0.244 e. The predicted molar refractivity (Wildman–Crippen MR) is 122 cm³/mol. The van der Waals surface area contributed by atoms with Crippen molar-refractivity contribution in [1.29, 1.82) is 0 Å². The van der Waals surface area contributed by atoms with Crippen LogP contribution in [0.25, 0.3) is 0 Å². The largest absolute Gasteiger partial charge is 0.492 e. The molecule has 2 aromatic rings. The number of halogens is 2. The van der Waals surface area contributed by atoms with Crippen LogP contribution in [0.4, 0.5) is 5.69 Å². The minimum atomic E-state index is -3.75. The normalized spacial score (nSPS) is 12.3. The highest BCUT2D eigenvalue weighted by atomic mass is 35.5. The van der Waals surface area contributed by atoms with Gasteiger partial charge in [0.2, 0.25) is 15.9 Å². The number of amides is 1. The lowest BCUT2D eigenvalue weighted by atomic mass is 10.1. The quantitative estimate of drug-likeness (QED) is 0.550. The molecule has 0 aliphatic heterocycles. The van der Waals surface area contributed by atoms with Crippen LogP contribution in [0.1, 0.15) is 24.5 Å². The number of benzene rings is 2. The topological polar surface area (TPSA) is 75.7 Å². The molecule has 30 heavy (non-hydrogen) atoms. The van der Waals surface area contributed by atoms with Crippen molar-refractivity contribution < 1.29 is 17.9 Å². The van der Waals surface area contributed by atoms with E-state index in [9.17, 15) is 13.2 Å². The number of carbonyl (C=O) groups excluding carboxylic acids is 1. The lowest BCUT2D eigenvalue weighted by Crippen LogP contribution is -2.50. The zero-order chi connectivity index (χ0) is 22.5. The second-order valence-corrected chi connectivity index (χ2v) is 9.72. The molecule has 0 bridgehead atoms. The molecule has 0 heterocycles. The van der Waals surface area contributed by atoms with Crippen LogP contribution in [0.2, 0.25) is 10.0 Å². The van der Waals surface area contributed by atoms with Crippen molar-refractivity contribution >= 4 is 44.8 Å². The maximum absolute atomic E-state index is 12.8. The van der Waals surface area contributed by atoms with Crippen molar-refractivity contribution in [3.8, 4) is 5.75 Å². The van der Waals surface area contributed by atoms with E-state index in [2.05, 4.69) is 5.32 Å². The van der Waals surface area contributed by atoms with Gasteiger partial charge in [-0.2, -0.15) is 0 Å². The zero-order valence-electron chi connectivity index (χ0n) is 17.4. The van der Waals surface area contributed by atoms with Crippen LogP contribution >= 0.6 is 23.2 Å². The Morgan fingerprint density at radius 1 is 1.10 bits per heavy atom. The van der Waals surface area contributed by atoms with Crippen molar-refractivity contribution in [2.45, 2.75) is 33.2 Å². The second-order valence-electron chi connectivity index (χ2n) is 7.04. The van der Waals surface area contributed by atoms with Gasteiger partial charge < -0.3 is 10.1 Å². The number of sulfonamides is 1. The molecule has 6 nitrogen and oxygen atoms in total. The van der Waals surface area contributed by atoms with Crippen LogP contribution in [-0.4, -0.2) is 39.8 Å². The Bertz CT molecular complexity index is 992. The summed E-state index contributed by atoms with van der Waals surface area (Å²) in [6.07, 6.45) is 1.33. The summed E-state index contributed by atoms with van der Waals surface area (Å²) >= 11 is 12.0. The highest BCUT2D eigenvalue weighted by Crippen LogP contribution is 2.30.